The lowest BCUT2D eigenvalue weighted by Crippen LogP contribution is -2.44. The van der Waals surface area contributed by atoms with Crippen molar-refractivity contribution in [2.75, 3.05) is 26.8 Å². The van der Waals surface area contributed by atoms with Gasteiger partial charge in [-0.1, -0.05) is 48.0 Å². The number of aromatic nitrogens is 3. The molecule has 0 spiro atoms. The van der Waals surface area contributed by atoms with Gasteiger partial charge < -0.3 is 19.9 Å². The normalized spacial score (nSPS) is 11.9. The first-order chi connectivity index (χ1) is 12.8. The molecule has 0 radical (unpaired) electrons. The summed E-state index contributed by atoms with van der Waals surface area (Å²) in [6, 6.07) is 8.30. The number of benzene rings is 1. The molecule has 28 heavy (non-hydrogen) atoms. The van der Waals surface area contributed by atoms with Gasteiger partial charge in [-0.2, -0.15) is 0 Å². The quantitative estimate of drug-likeness (QED) is 0.223. The van der Waals surface area contributed by atoms with E-state index in [1.165, 1.54) is 5.56 Å². The highest BCUT2D eigenvalue weighted by atomic mass is 127. The molecule has 0 fully saturated rings. The minimum atomic E-state index is -0.0782. The van der Waals surface area contributed by atoms with E-state index < -0.39 is 0 Å². The summed E-state index contributed by atoms with van der Waals surface area (Å²) in [6.07, 6.45) is 0. The van der Waals surface area contributed by atoms with Gasteiger partial charge in [-0.3, -0.25) is 0 Å². The van der Waals surface area contributed by atoms with Crippen LogP contribution in [0.2, 0.25) is 0 Å². The largest absolute Gasteiger partial charge is 0.383 e. The van der Waals surface area contributed by atoms with E-state index in [-0.39, 0.29) is 29.4 Å². The SMILES string of the molecule is COCCNC(=NCc1nnc(C)n1C)NCC(C)(C)c1ccccc1Br.I. The first-order valence-electron chi connectivity index (χ1n) is 8.96. The van der Waals surface area contributed by atoms with E-state index in [9.17, 15) is 0 Å². The predicted octanol–water partition coefficient (Wildman–Crippen LogP) is 3.16. The number of aliphatic imine (C=N–C) groups is 1. The molecule has 0 amide bonds. The zero-order valence-corrected chi connectivity index (χ0v) is 21.0. The van der Waals surface area contributed by atoms with Crippen molar-refractivity contribution in [1.82, 2.24) is 25.4 Å². The zero-order chi connectivity index (χ0) is 19.9. The molecule has 0 atom stereocenters. The highest BCUT2D eigenvalue weighted by Gasteiger charge is 2.23. The Morgan fingerprint density at radius 1 is 1.25 bits per heavy atom. The van der Waals surface area contributed by atoms with Gasteiger partial charge in [0.05, 0.1) is 6.61 Å². The Labute approximate surface area is 192 Å². The van der Waals surface area contributed by atoms with Gasteiger partial charge in [0.25, 0.3) is 0 Å². The van der Waals surface area contributed by atoms with E-state index in [0.29, 0.717) is 19.7 Å². The molecule has 0 saturated heterocycles. The number of guanidine groups is 1. The third-order valence-electron chi connectivity index (χ3n) is 4.46. The van der Waals surface area contributed by atoms with E-state index in [1.807, 2.05) is 24.6 Å². The fourth-order valence-electron chi connectivity index (χ4n) is 2.59. The zero-order valence-electron chi connectivity index (χ0n) is 17.1. The van der Waals surface area contributed by atoms with E-state index >= 15 is 0 Å². The van der Waals surface area contributed by atoms with Crippen LogP contribution in [0.25, 0.3) is 0 Å². The van der Waals surface area contributed by atoms with Gasteiger partial charge in [0, 0.05) is 37.1 Å². The Kier molecular flexibility index (Phi) is 10.4. The lowest BCUT2D eigenvalue weighted by molar-refractivity contribution is 0.203. The molecular weight excluding hydrogens is 535 g/mol. The first-order valence-corrected chi connectivity index (χ1v) is 9.75. The minimum absolute atomic E-state index is 0. The van der Waals surface area contributed by atoms with E-state index in [0.717, 1.165) is 28.6 Å². The summed E-state index contributed by atoms with van der Waals surface area (Å²) >= 11 is 3.65. The number of hydrogen-bond donors (Lipinski definition) is 2. The molecule has 1 aromatic carbocycles. The third kappa shape index (κ3) is 7.00. The Bertz CT molecular complexity index is 778. The van der Waals surface area contributed by atoms with Crippen LogP contribution >= 0.6 is 39.9 Å². The van der Waals surface area contributed by atoms with Gasteiger partial charge >= 0.3 is 0 Å². The number of aryl methyl sites for hydroxylation is 1. The molecule has 0 aliphatic carbocycles. The standard InChI is InChI=1S/C19H29BrN6O.HI/c1-14-24-25-17(26(14)4)12-22-18(21-10-11-27-5)23-13-19(2,3)15-8-6-7-9-16(15)20;/h6-9H,10-13H2,1-5H3,(H2,21,22,23);1H. The van der Waals surface area contributed by atoms with Crippen molar-refractivity contribution >= 4 is 45.9 Å². The van der Waals surface area contributed by atoms with Gasteiger partial charge in [-0.05, 0) is 18.6 Å². The molecule has 7 nitrogen and oxygen atoms in total. The van der Waals surface area contributed by atoms with E-state index in [4.69, 9.17) is 4.74 Å². The molecule has 0 aliphatic rings. The summed E-state index contributed by atoms with van der Waals surface area (Å²) in [6.45, 7) is 8.81. The van der Waals surface area contributed by atoms with E-state index in [1.54, 1.807) is 7.11 Å². The van der Waals surface area contributed by atoms with Gasteiger partial charge in [0.1, 0.15) is 12.4 Å². The molecule has 0 saturated carbocycles. The van der Waals surface area contributed by atoms with E-state index in [2.05, 4.69) is 73.8 Å². The molecule has 2 N–H and O–H groups in total. The predicted molar refractivity (Wildman–Crippen MR) is 127 cm³/mol. The number of hydrogen-bond acceptors (Lipinski definition) is 4. The second-order valence-corrected chi connectivity index (χ2v) is 7.88. The highest BCUT2D eigenvalue weighted by molar-refractivity contribution is 14.0. The minimum Gasteiger partial charge on any atom is -0.383 e. The number of rotatable bonds is 8. The van der Waals surface area contributed by atoms with Crippen LogP contribution in [0.1, 0.15) is 31.1 Å². The molecular formula is C19H30BrIN6O. The lowest BCUT2D eigenvalue weighted by Gasteiger charge is -2.28. The lowest BCUT2D eigenvalue weighted by atomic mass is 9.84. The molecule has 0 unspecified atom stereocenters. The number of ether oxygens (including phenoxy) is 1. The van der Waals surface area contributed by atoms with Crippen molar-refractivity contribution in [3.05, 3.63) is 46.0 Å². The van der Waals surface area contributed by atoms with Crippen molar-refractivity contribution in [2.24, 2.45) is 12.0 Å². The van der Waals surface area contributed by atoms with Gasteiger partial charge in [-0.25, -0.2) is 4.99 Å². The molecule has 156 valence electrons. The Morgan fingerprint density at radius 2 is 1.96 bits per heavy atom. The fraction of sp³-hybridized carbons (Fsp3) is 0.526. The maximum Gasteiger partial charge on any atom is 0.191 e. The van der Waals surface area contributed by atoms with Gasteiger partial charge in [-0.15, -0.1) is 34.2 Å². The van der Waals surface area contributed by atoms with Gasteiger partial charge in [0.15, 0.2) is 11.8 Å². The highest BCUT2D eigenvalue weighted by Crippen LogP contribution is 2.29. The van der Waals surface area contributed by atoms with Crippen LogP contribution < -0.4 is 10.6 Å². The van der Waals surface area contributed by atoms with Crippen molar-refractivity contribution in [1.29, 1.82) is 0 Å². The Hall–Kier alpha value is -1.20. The number of methoxy groups -OCH3 is 1. The van der Waals surface area contributed by atoms with Crippen LogP contribution in [0.3, 0.4) is 0 Å². The maximum absolute atomic E-state index is 5.13. The summed E-state index contributed by atoms with van der Waals surface area (Å²) < 4.78 is 8.18. The van der Waals surface area contributed by atoms with Crippen LogP contribution in [0, 0.1) is 6.92 Å². The number of nitrogens with zero attached hydrogens (tertiary/aromatic N) is 4. The fourth-order valence-corrected chi connectivity index (χ4v) is 3.42. The maximum atomic E-state index is 5.13. The Morgan fingerprint density at radius 3 is 2.57 bits per heavy atom. The number of halogens is 2. The average molecular weight is 565 g/mol. The molecule has 2 aromatic rings. The second-order valence-electron chi connectivity index (χ2n) is 7.02. The second kappa shape index (κ2) is 11.7. The third-order valence-corrected chi connectivity index (χ3v) is 5.15. The van der Waals surface area contributed by atoms with Crippen LogP contribution in [0.5, 0.6) is 0 Å². The van der Waals surface area contributed by atoms with Crippen molar-refractivity contribution in [2.45, 2.75) is 32.7 Å². The van der Waals surface area contributed by atoms with Crippen LogP contribution in [-0.4, -0.2) is 47.5 Å². The molecule has 0 aliphatic heterocycles. The first kappa shape index (κ1) is 24.8. The van der Waals surface area contributed by atoms with Crippen LogP contribution in [0.4, 0.5) is 0 Å². The van der Waals surface area contributed by atoms with Crippen molar-refractivity contribution in [3.63, 3.8) is 0 Å². The molecule has 9 heteroatoms. The molecule has 1 heterocycles. The smallest absolute Gasteiger partial charge is 0.191 e. The summed E-state index contributed by atoms with van der Waals surface area (Å²) in [5.74, 6) is 2.43. The number of nitrogens with one attached hydrogen (secondary N) is 2. The summed E-state index contributed by atoms with van der Waals surface area (Å²) in [5, 5.41) is 15.0. The van der Waals surface area contributed by atoms with Crippen LogP contribution in [-0.2, 0) is 23.7 Å². The molecule has 2 rings (SSSR count). The average Bonchev–Trinajstić information content (AvgIpc) is 2.96. The molecule has 1 aromatic heterocycles. The van der Waals surface area contributed by atoms with Crippen LogP contribution in [0.15, 0.2) is 33.7 Å². The summed E-state index contributed by atoms with van der Waals surface area (Å²) in [5.41, 5.74) is 1.17. The van der Waals surface area contributed by atoms with Crippen molar-refractivity contribution < 1.29 is 4.74 Å². The monoisotopic (exact) mass is 564 g/mol. The van der Waals surface area contributed by atoms with Gasteiger partial charge in [0.2, 0.25) is 0 Å². The topological polar surface area (TPSA) is 76.4 Å². The van der Waals surface area contributed by atoms with Crippen molar-refractivity contribution in [3.8, 4) is 0 Å². The Balaban J connectivity index is 0.00000392. The molecule has 0 bridgehead atoms. The summed E-state index contributed by atoms with van der Waals surface area (Å²) in [7, 11) is 3.63. The summed E-state index contributed by atoms with van der Waals surface area (Å²) in [4.78, 5) is 4.66.